The van der Waals surface area contributed by atoms with Crippen LogP contribution in [-0.2, 0) is 4.74 Å². The first-order valence-electron chi connectivity index (χ1n) is 3.66. The zero-order valence-electron chi connectivity index (χ0n) is 7.04. The standard InChI is InChI=1S/C7H15NO3/c1-7(2,3-5-9)11-6-4-8-10/h9H,3-6H2,1-2H3. The third-order valence-corrected chi connectivity index (χ3v) is 1.39. The van der Waals surface area contributed by atoms with Gasteiger partial charge in [-0.25, -0.2) is 0 Å². The molecule has 0 unspecified atom stereocenters. The molecule has 1 N–H and O–H groups in total. The second-order valence-corrected chi connectivity index (χ2v) is 2.93. The van der Waals surface area contributed by atoms with E-state index in [1.54, 1.807) is 0 Å². The molecular formula is C7H15NO3. The van der Waals surface area contributed by atoms with E-state index in [4.69, 9.17) is 9.84 Å². The van der Waals surface area contributed by atoms with E-state index in [1.165, 1.54) is 0 Å². The topological polar surface area (TPSA) is 58.9 Å². The normalized spacial score (nSPS) is 11.5. The molecule has 66 valence electrons. The molecule has 0 aliphatic rings. The molecule has 0 bridgehead atoms. The molecule has 0 fully saturated rings. The summed E-state index contributed by atoms with van der Waals surface area (Å²) in [5, 5.41) is 11.3. The molecule has 0 radical (unpaired) electrons. The Balaban J connectivity index is 3.45. The zero-order valence-corrected chi connectivity index (χ0v) is 7.04. The van der Waals surface area contributed by atoms with Crippen molar-refractivity contribution in [1.29, 1.82) is 0 Å². The van der Waals surface area contributed by atoms with Crippen molar-refractivity contribution in [2.24, 2.45) is 5.18 Å². The summed E-state index contributed by atoms with van der Waals surface area (Å²) in [6.07, 6.45) is 0.575. The lowest BCUT2D eigenvalue weighted by Crippen LogP contribution is -2.26. The minimum Gasteiger partial charge on any atom is -0.396 e. The molecule has 0 aromatic rings. The molecule has 0 saturated carbocycles. The van der Waals surface area contributed by atoms with Crippen molar-refractivity contribution in [3.63, 3.8) is 0 Å². The van der Waals surface area contributed by atoms with Crippen LogP contribution in [0.3, 0.4) is 0 Å². The third kappa shape index (κ3) is 5.94. The minimum atomic E-state index is -0.348. The maximum absolute atomic E-state index is 9.67. The van der Waals surface area contributed by atoms with E-state index in [2.05, 4.69) is 5.18 Å². The van der Waals surface area contributed by atoms with Crippen LogP contribution in [0.4, 0.5) is 0 Å². The van der Waals surface area contributed by atoms with Crippen molar-refractivity contribution in [2.75, 3.05) is 19.8 Å². The van der Waals surface area contributed by atoms with Gasteiger partial charge in [0.15, 0.2) is 0 Å². The van der Waals surface area contributed by atoms with Gasteiger partial charge in [0.2, 0.25) is 0 Å². The average molecular weight is 161 g/mol. The Labute approximate surface area is 66.5 Å². The Hall–Kier alpha value is -0.480. The van der Waals surface area contributed by atoms with Crippen LogP contribution in [0, 0.1) is 4.91 Å². The van der Waals surface area contributed by atoms with Gasteiger partial charge in [-0.1, -0.05) is 5.18 Å². The Morgan fingerprint density at radius 2 is 2.18 bits per heavy atom. The molecule has 0 aliphatic heterocycles. The highest BCUT2D eigenvalue weighted by Crippen LogP contribution is 2.12. The molecule has 4 nitrogen and oxygen atoms in total. The van der Waals surface area contributed by atoms with Gasteiger partial charge in [-0.2, -0.15) is 4.91 Å². The third-order valence-electron chi connectivity index (χ3n) is 1.39. The molecule has 0 aliphatic carbocycles. The summed E-state index contributed by atoms with van der Waals surface area (Å²) in [7, 11) is 0. The van der Waals surface area contributed by atoms with Crippen LogP contribution in [0.15, 0.2) is 5.18 Å². The SMILES string of the molecule is CC(C)(CCO)OCCN=O. The first-order valence-corrected chi connectivity index (χ1v) is 3.66. The van der Waals surface area contributed by atoms with Crippen molar-refractivity contribution < 1.29 is 9.84 Å². The number of aliphatic hydroxyl groups is 1. The van der Waals surface area contributed by atoms with Gasteiger partial charge in [0.05, 0.1) is 12.2 Å². The number of aliphatic hydroxyl groups excluding tert-OH is 1. The number of nitroso groups, excluding NO2 is 1. The van der Waals surface area contributed by atoms with E-state index >= 15 is 0 Å². The zero-order chi connectivity index (χ0) is 8.74. The first kappa shape index (κ1) is 10.5. The highest BCUT2D eigenvalue weighted by Gasteiger charge is 2.16. The molecule has 0 aromatic carbocycles. The summed E-state index contributed by atoms with van der Waals surface area (Å²) in [5.41, 5.74) is -0.348. The summed E-state index contributed by atoms with van der Waals surface area (Å²) in [4.78, 5) is 9.67. The van der Waals surface area contributed by atoms with E-state index in [-0.39, 0.29) is 18.8 Å². The van der Waals surface area contributed by atoms with Crippen molar-refractivity contribution in [2.45, 2.75) is 25.9 Å². The molecule has 11 heavy (non-hydrogen) atoms. The predicted molar refractivity (Wildman–Crippen MR) is 42.4 cm³/mol. The maximum Gasteiger partial charge on any atom is 0.104 e. The molecule has 0 amide bonds. The summed E-state index contributed by atoms with van der Waals surface area (Å²) >= 11 is 0. The average Bonchev–Trinajstić information content (AvgIpc) is 1.87. The van der Waals surface area contributed by atoms with Gasteiger partial charge in [0.1, 0.15) is 6.54 Å². The highest BCUT2D eigenvalue weighted by atomic mass is 16.5. The van der Waals surface area contributed by atoms with Gasteiger partial charge in [-0.15, -0.1) is 0 Å². The van der Waals surface area contributed by atoms with E-state index in [0.29, 0.717) is 13.0 Å². The fourth-order valence-electron chi connectivity index (χ4n) is 0.701. The summed E-state index contributed by atoms with van der Waals surface area (Å²) in [6, 6.07) is 0. The van der Waals surface area contributed by atoms with Gasteiger partial charge in [-0.3, -0.25) is 0 Å². The minimum absolute atomic E-state index is 0.0987. The van der Waals surface area contributed by atoms with Crippen molar-refractivity contribution in [1.82, 2.24) is 0 Å². The van der Waals surface area contributed by atoms with E-state index in [0.717, 1.165) is 0 Å². The van der Waals surface area contributed by atoms with Crippen LogP contribution in [0.2, 0.25) is 0 Å². The summed E-state index contributed by atoms with van der Waals surface area (Å²) in [5.74, 6) is 0. The Morgan fingerprint density at radius 1 is 1.55 bits per heavy atom. The summed E-state index contributed by atoms with van der Waals surface area (Å²) < 4.78 is 5.26. The number of ether oxygens (including phenoxy) is 1. The van der Waals surface area contributed by atoms with Crippen LogP contribution >= 0.6 is 0 Å². The van der Waals surface area contributed by atoms with E-state index < -0.39 is 0 Å². The van der Waals surface area contributed by atoms with Gasteiger partial charge >= 0.3 is 0 Å². The second-order valence-electron chi connectivity index (χ2n) is 2.93. The highest BCUT2D eigenvalue weighted by molar-refractivity contribution is 4.67. The smallest absolute Gasteiger partial charge is 0.104 e. The Bertz CT molecular complexity index is 114. The van der Waals surface area contributed by atoms with Gasteiger partial charge in [0, 0.05) is 6.61 Å². The number of rotatable bonds is 6. The van der Waals surface area contributed by atoms with Crippen molar-refractivity contribution in [3.8, 4) is 0 Å². The fourth-order valence-corrected chi connectivity index (χ4v) is 0.701. The second kappa shape index (κ2) is 5.21. The van der Waals surface area contributed by atoms with Crippen LogP contribution in [0.1, 0.15) is 20.3 Å². The van der Waals surface area contributed by atoms with Crippen molar-refractivity contribution in [3.05, 3.63) is 4.91 Å². The first-order chi connectivity index (χ1) is 5.12. The van der Waals surface area contributed by atoms with Crippen LogP contribution in [0.25, 0.3) is 0 Å². The maximum atomic E-state index is 9.67. The molecule has 0 saturated heterocycles. The Morgan fingerprint density at radius 3 is 2.64 bits per heavy atom. The molecule has 0 rings (SSSR count). The Kier molecular flexibility index (Phi) is 4.98. The lowest BCUT2D eigenvalue weighted by atomic mass is 10.1. The predicted octanol–water partition coefficient (Wildman–Crippen LogP) is 0.930. The van der Waals surface area contributed by atoms with Gasteiger partial charge in [0.25, 0.3) is 0 Å². The van der Waals surface area contributed by atoms with Crippen LogP contribution < -0.4 is 0 Å². The van der Waals surface area contributed by atoms with Gasteiger partial charge in [-0.05, 0) is 20.3 Å². The largest absolute Gasteiger partial charge is 0.396 e. The lowest BCUT2D eigenvalue weighted by molar-refractivity contribution is -0.0285. The van der Waals surface area contributed by atoms with Crippen LogP contribution in [-0.4, -0.2) is 30.5 Å². The molecule has 0 spiro atoms. The molecule has 0 atom stereocenters. The monoisotopic (exact) mass is 161 g/mol. The summed E-state index contributed by atoms with van der Waals surface area (Å²) in [6.45, 7) is 4.34. The quantitative estimate of drug-likeness (QED) is 0.465. The molecule has 0 aromatic heterocycles. The van der Waals surface area contributed by atoms with E-state index in [1.807, 2.05) is 13.8 Å². The number of hydrogen-bond acceptors (Lipinski definition) is 4. The lowest BCUT2D eigenvalue weighted by Gasteiger charge is -2.23. The molecule has 0 heterocycles. The fraction of sp³-hybridized carbons (Fsp3) is 1.00. The molecule has 4 heteroatoms. The van der Waals surface area contributed by atoms with E-state index in [9.17, 15) is 4.91 Å². The van der Waals surface area contributed by atoms with Gasteiger partial charge < -0.3 is 9.84 Å². The number of hydrogen-bond donors (Lipinski definition) is 1. The number of nitrogens with zero attached hydrogens (tertiary/aromatic N) is 1. The van der Waals surface area contributed by atoms with Crippen LogP contribution in [0.5, 0.6) is 0 Å². The van der Waals surface area contributed by atoms with Crippen molar-refractivity contribution >= 4 is 0 Å². The molecular weight excluding hydrogens is 146 g/mol.